The highest BCUT2D eigenvalue weighted by Crippen LogP contribution is 2.30. The lowest BCUT2D eigenvalue weighted by Crippen LogP contribution is -1.94. The molecule has 6 heteroatoms. The lowest BCUT2D eigenvalue weighted by atomic mass is 10.2. The van der Waals surface area contributed by atoms with Gasteiger partial charge in [0.25, 0.3) is 0 Å². The van der Waals surface area contributed by atoms with E-state index < -0.39 is 5.97 Å². The van der Waals surface area contributed by atoms with Crippen molar-refractivity contribution in [3.63, 3.8) is 0 Å². The summed E-state index contributed by atoms with van der Waals surface area (Å²) in [6, 6.07) is 11.8. The van der Waals surface area contributed by atoms with E-state index in [-0.39, 0.29) is 5.69 Å². The van der Waals surface area contributed by atoms with Crippen LogP contribution in [0.5, 0.6) is 11.5 Å². The Balaban J connectivity index is 1.93. The third kappa shape index (κ3) is 2.82. The first-order valence-electron chi connectivity index (χ1n) is 6.02. The SMILES string of the molecule is O=C(O)c1cc2cc(Oc3ccc(Cl)c(Cl)c3)ccc2[nH]1. The minimum absolute atomic E-state index is 0.136. The van der Waals surface area contributed by atoms with Crippen LogP contribution < -0.4 is 4.74 Å². The predicted molar refractivity (Wildman–Crippen MR) is 81.8 cm³/mol. The average molecular weight is 322 g/mol. The molecule has 0 saturated heterocycles. The van der Waals surface area contributed by atoms with Gasteiger partial charge in [0.05, 0.1) is 10.0 Å². The highest BCUT2D eigenvalue weighted by atomic mass is 35.5. The number of hydrogen-bond donors (Lipinski definition) is 2. The first-order valence-corrected chi connectivity index (χ1v) is 6.77. The molecule has 4 nitrogen and oxygen atoms in total. The number of hydrogen-bond acceptors (Lipinski definition) is 2. The maximum atomic E-state index is 10.9. The molecule has 106 valence electrons. The van der Waals surface area contributed by atoms with E-state index in [4.69, 9.17) is 33.0 Å². The van der Waals surface area contributed by atoms with E-state index in [2.05, 4.69) is 4.98 Å². The zero-order chi connectivity index (χ0) is 15.0. The van der Waals surface area contributed by atoms with Crippen LogP contribution in [0, 0.1) is 0 Å². The van der Waals surface area contributed by atoms with Crippen molar-refractivity contribution in [1.82, 2.24) is 4.98 Å². The molecule has 0 unspecified atom stereocenters. The third-order valence-corrected chi connectivity index (χ3v) is 3.69. The van der Waals surface area contributed by atoms with Gasteiger partial charge in [-0.3, -0.25) is 0 Å². The molecule has 3 rings (SSSR count). The van der Waals surface area contributed by atoms with Crippen molar-refractivity contribution in [3.05, 3.63) is 58.2 Å². The average Bonchev–Trinajstić information content (AvgIpc) is 2.86. The van der Waals surface area contributed by atoms with Gasteiger partial charge in [0, 0.05) is 17.0 Å². The van der Waals surface area contributed by atoms with Gasteiger partial charge in [-0.2, -0.15) is 0 Å². The van der Waals surface area contributed by atoms with Crippen LogP contribution in [-0.4, -0.2) is 16.1 Å². The summed E-state index contributed by atoms with van der Waals surface area (Å²) in [6.45, 7) is 0. The largest absolute Gasteiger partial charge is 0.477 e. The molecule has 3 aromatic rings. The van der Waals surface area contributed by atoms with Crippen molar-refractivity contribution >= 4 is 40.1 Å². The van der Waals surface area contributed by atoms with Crippen molar-refractivity contribution in [1.29, 1.82) is 0 Å². The van der Waals surface area contributed by atoms with Crippen LogP contribution in [0.15, 0.2) is 42.5 Å². The van der Waals surface area contributed by atoms with Gasteiger partial charge in [-0.15, -0.1) is 0 Å². The van der Waals surface area contributed by atoms with E-state index >= 15 is 0 Å². The second kappa shape index (κ2) is 5.31. The quantitative estimate of drug-likeness (QED) is 0.716. The van der Waals surface area contributed by atoms with Gasteiger partial charge in [0.1, 0.15) is 17.2 Å². The molecule has 2 aromatic carbocycles. The maximum absolute atomic E-state index is 10.9. The number of ether oxygens (including phenoxy) is 1. The zero-order valence-electron chi connectivity index (χ0n) is 10.6. The molecule has 0 saturated carbocycles. The summed E-state index contributed by atoms with van der Waals surface area (Å²) in [5.41, 5.74) is 0.866. The Morgan fingerprint density at radius 3 is 2.43 bits per heavy atom. The molecule has 2 N–H and O–H groups in total. The molecule has 0 amide bonds. The van der Waals surface area contributed by atoms with Gasteiger partial charge in [-0.25, -0.2) is 4.79 Å². The Morgan fingerprint density at radius 1 is 1.00 bits per heavy atom. The monoisotopic (exact) mass is 321 g/mol. The van der Waals surface area contributed by atoms with E-state index in [1.54, 1.807) is 42.5 Å². The number of carbonyl (C=O) groups is 1. The zero-order valence-corrected chi connectivity index (χ0v) is 12.1. The molecule has 0 spiro atoms. The molecular formula is C15H9Cl2NO3. The first-order chi connectivity index (χ1) is 10.0. The fraction of sp³-hybridized carbons (Fsp3) is 0. The molecule has 0 fully saturated rings. The van der Waals surface area contributed by atoms with Crippen molar-refractivity contribution < 1.29 is 14.6 Å². The van der Waals surface area contributed by atoms with Crippen LogP contribution in [0.4, 0.5) is 0 Å². The van der Waals surface area contributed by atoms with E-state index in [1.165, 1.54) is 0 Å². The van der Waals surface area contributed by atoms with E-state index in [9.17, 15) is 4.79 Å². The molecule has 21 heavy (non-hydrogen) atoms. The Morgan fingerprint density at radius 2 is 1.71 bits per heavy atom. The minimum atomic E-state index is -1.00. The maximum Gasteiger partial charge on any atom is 0.352 e. The lowest BCUT2D eigenvalue weighted by Gasteiger charge is -2.06. The van der Waals surface area contributed by atoms with Crippen LogP contribution in [0.25, 0.3) is 10.9 Å². The van der Waals surface area contributed by atoms with Crippen LogP contribution >= 0.6 is 23.2 Å². The number of aromatic carboxylic acids is 1. The van der Waals surface area contributed by atoms with E-state index in [0.29, 0.717) is 21.5 Å². The van der Waals surface area contributed by atoms with Gasteiger partial charge in [-0.1, -0.05) is 23.2 Å². The number of benzene rings is 2. The number of aromatic amines is 1. The first kappa shape index (κ1) is 13.8. The number of nitrogens with one attached hydrogen (secondary N) is 1. The normalized spacial score (nSPS) is 10.8. The van der Waals surface area contributed by atoms with Crippen LogP contribution in [0.1, 0.15) is 10.5 Å². The van der Waals surface area contributed by atoms with Crippen LogP contribution in [0.2, 0.25) is 10.0 Å². The van der Waals surface area contributed by atoms with Gasteiger partial charge >= 0.3 is 5.97 Å². The fourth-order valence-corrected chi connectivity index (χ4v) is 2.25. The minimum Gasteiger partial charge on any atom is -0.477 e. The number of H-pyrrole nitrogens is 1. The molecule has 0 radical (unpaired) electrons. The molecule has 0 bridgehead atoms. The number of carboxylic acid groups (broad SMARTS) is 1. The molecule has 0 aliphatic carbocycles. The number of aromatic nitrogens is 1. The number of rotatable bonds is 3. The summed E-state index contributed by atoms with van der Waals surface area (Å²) >= 11 is 11.8. The van der Waals surface area contributed by atoms with Crippen molar-refractivity contribution in [2.45, 2.75) is 0 Å². The molecule has 0 aliphatic heterocycles. The second-order valence-electron chi connectivity index (χ2n) is 4.42. The Bertz CT molecular complexity index is 842. The molecule has 1 aromatic heterocycles. The molecular weight excluding hydrogens is 313 g/mol. The van der Waals surface area contributed by atoms with Gasteiger partial charge in [0.2, 0.25) is 0 Å². The summed E-state index contributed by atoms with van der Waals surface area (Å²) in [4.78, 5) is 13.7. The van der Waals surface area contributed by atoms with E-state index in [1.807, 2.05) is 0 Å². The standard InChI is InChI=1S/C15H9Cl2NO3/c16-11-3-1-10(7-12(11)17)21-9-2-4-13-8(5-9)6-14(18-13)15(19)20/h1-7,18H,(H,19,20). The lowest BCUT2D eigenvalue weighted by molar-refractivity contribution is 0.0691. The third-order valence-electron chi connectivity index (χ3n) is 2.95. The second-order valence-corrected chi connectivity index (χ2v) is 5.23. The van der Waals surface area contributed by atoms with Gasteiger partial charge in [0.15, 0.2) is 0 Å². The molecule has 1 heterocycles. The molecule has 0 aliphatic rings. The van der Waals surface area contributed by atoms with Crippen molar-refractivity contribution in [3.8, 4) is 11.5 Å². The van der Waals surface area contributed by atoms with Crippen LogP contribution in [-0.2, 0) is 0 Å². The highest BCUT2D eigenvalue weighted by molar-refractivity contribution is 6.42. The topological polar surface area (TPSA) is 62.3 Å². The summed E-state index contributed by atoms with van der Waals surface area (Å²) < 4.78 is 5.69. The summed E-state index contributed by atoms with van der Waals surface area (Å²) in [5, 5.41) is 10.6. The summed E-state index contributed by atoms with van der Waals surface area (Å²) in [6.07, 6.45) is 0. The molecule has 0 atom stereocenters. The number of carboxylic acids is 1. The smallest absolute Gasteiger partial charge is 0.352 e. The highest BCUT2D eigenvalue weighted by Gasteiger charge is 2.08. The number of fused-ring (bicyclic) bond motifs is 1. The Hall–Kier alpha value is -2.17. The van der Waals surface area contributed by atoms with Gasteiger partial charge in [-0.05, 0) is 36.4 Å². The Kier molecular flexibility index (Phi) is 3.49. The summed E-state index contributed by atoms with van der Waals surface area (Å²) in [5.74, 6) is 0.132. The van der Waals surface area contributed by atoms with Crippen LogP contribution in [0.3, 0.4) is 0 Å². The van der Waals surface area contributed by atoms with Gasteiger partial charge < -0.3 is 14.8 Å². The number of halogens is 2. The van der Waals surface area contributed by atoms with E-state index in [0.717, 1.165) is 10.9 Å². The van der Waals surface area contributed by atoms with Crippen molar-refractivity contribution in [2.24, 2.45) is 0 Å². The van der Waals surface area contributed by atoms with Crippen molar-refractivity contribution in [2.75, 3.05) is 0 Å². The predicted octanol–water partition coefficient (Wildman–Crippen LogP) is 4.97. The fourth-order valence-electron chi connectivity index (χ4n) is 1.97. The Labute approximate surface area is 129 Å². The summed E-state index contributed by atoms with van der Waals surface area (Å²) in [7, 11) is 0.